The van der Waals surface area contributed by atoms with E-state index in [1.54, 1.807) is 18.1 Å². The lowest BCUT2D eigenvalue weighted by atomic mass is 9.98. The summed E-state index contributed by atoms with van der Waals surface area (Å²) in [5, 5.41) is 24.4. The van der Waals surface area contributed by atoms with Gasteiger partial charge in [0.05, 0.1) is 18.8 Å². The monoisotopic (exact) mass is 635 g/mol. The van der Waals surface area contributed by atoms with Crippen molar-refractivity contribution in [2.24, 2.45) is 7.05 Å². The van der Waals surface area contributed by atoms with Gasteiger partial charge in [0.2, 0.25) is 0 Å². The molecule has 1 aliphatic rings. The lowest BCUT2D eigenvalue weighted by Gasteiger charge is -2.36. The van der Waals surface area contributed by atoms with Crippen LogP contribution in [0.5, 0.6) is 0 Å². The topological polar surface area (TPSA) is 111 Å². The summed E-state index contributed by atoms with van der Waals surface area (Å²) >= 11 is 1.61. The van der Waals surface area contributed by atoms with Gasteiger partial charge in [-0.15, -0.1) is 10.2 Å². The van der Waals surface area contributed by atoms with Gasteiger partial charge >= 0.3 is 6.03 Å². The zero-order chi connectivity index (χ0) is 31.7. The molecule has 3 atom stereocenters. The SMILES string of the molecule is Cn1cnnc1SC[C@H]1C[C@@H](c2ccc(CO)cc2)O[C@@H](c2ccc(-c3ccccc3CNC(=O)NCc3ccccc3)cc2)O1. The Morgan fingerprint density at radius 2 is 1.59 bits per heavy atom. The van der Waals surface area contributed by atoms with Crippen molar-refractivity contribution >= 4 is 17.8 Å². The average Bonchev–Trinajstić information content (AvgIpc) is 3.53. The smallest absolute Gasteiger partial charge is 0.315 e. The highest BCUT2D eigenvalue weighted by molar-refractivity contribution is 7.99. The molecule has 0 unspecified atom stereocenters. The Kier molecular flexibility index (Phi) is 10.4. The van der Waals surface area contributed by atoms with Gasteiger partial charge in [0, 0.05) is 37.9 Å². The molecule has 0 saturated carbocycles. The zero-order valence-electron chi connectivity index (χ0n) is 25.6. The fourth-order valence-corrected chi connectivity index (χ4v) is 6.29. The number of thioether (sulfide) groups is 1. The van der Waals surface area contributed by atoms with Crippen molar-refractivity contribution in [1.82, 2.24) is 25.4 Å². The molecule has 2 amide bonds. The third kappa shape index (κ3) is 8.02. The molecule has 0 aliphatic carbocycles. The maximum atomic E-state index is 12.5. The number of carbonyl (C=O) groups is 1. The molecule has 236 valence electrons. The predicted octanol–water partition coefficient (Wildman–Crippen LogP) is 6.31. The van der Waals surface area contributed by atoms with E-state index in [9.17, 15) is 9.90 Å². The van der Waals surface area contributed by atoms with Gasteiger partial charge in [0.25, 0.3) is 0 Å². The first-order chi connectivity index (χ1) is 22.6. The Labute approximate surface area is 273 Å². The maximum absolute atomic E-state index is 12.5. The second-order valence-corrected chi connectivity index (χ2v) is 12.2. The van der Waals surface area contributed by atoms with Crippen LogP contribution in [0.2, 0.25) is 0 Å². The number of nitrogens with one attached hydrogen (secondary N) is 2. The van der Waals surface area contributed by atoms with Gasteiger partial charge < -0.3 is 29.8 Å². The molecule has 46 heavy (non-hydrogen) atoms. The minimum Gasteiger partial charge on any atom is -0.392 e. The highest BCUT2D eigenvalue weighted by atomic mass is 32.2. The Morgan fingerprint density at radius 3 is 2.33 bits per heavy atom. The van der Waals surface area contributed by atoms with E-state index in [1.165, 1.54) is 0 Å². The number of urea groups is 1. The van der Waals surface area contributed by atoms with Crippen molar-refractivity contribution in [1.29, 1.82) is 0 Å². The largest absolute Gasteiger partial charge is 0.392 e. The minimum absolute atomic E-state index is 0.00149. The first-order valence-electron chi connectivity index (χ1n) is 15.3. The molecule has 6 rings (SSSR count). The maximum Gasteiger partial charge on any atom is 0.315 e. The van der Waals surface area contributed by atoms with E-state index in [0.717, 1.165) is 44.1 Å². The van der Waals surface area contributed by atoms with Crippen molar-refractivity contribution < 1.29 is 19.4 Å². The summed E-state index contributed by atoms with van der Waals surface area (Å²) in [5.74, 6) is 0.703. The fraction of sp³-hybridized carbons (Fsp3) is 0.250. The third-order valence-electron chi connectivity index (χ3n) is 7.93. The molecule has 4 aromatic carbocycles. The van der Waals surface area contributed by atoms with Gasteiger partial charge in [-0.1, -0.05) is 115 Å². The van der Waals surface area contributed by atoms with Crippen LogP contribution < -0.4 is 10.6 Å². The van der Waals surface area contributed by atoms with E-state index in [1.807, 2.05) is 96.5 Å². The van der Waals surface area contributed by atoms with E-state index in [2.05, 4.69) is 39.0 Å². The van der Waals surface area contributed by atoms with Crippen LogP contribution >= 0.6 is 11.8 Å². The molecule has 1 aromatic heterocycles. The van der Waals surface area contributed by atoms with Crippen LogP contribution in [0.3, 0.4) is 0 Å². The molecule has 3 N–H and O–H groups in total. The number of aliphatic hydroxyl groups excluding tert-OH is 1. The Balaban J connectivity index is 1.14. The summed E-state index contributed by atoms with van der Waals surface area (Å²) in [6.07, 6.45) is 1.58. The van der Waals surface area contributed by atoms with Crippen molar-refractivity contribution in [3.8, 4) is 11.1 Å². The summed E-state index contributed by atoms with van der Waals surface area (Å²) < 4.78 is 14.9. The number of carbonyl (C=O) groups excluding carboxylic acids is 1. The van der Waals surface area contributed by atoms with Crippen molar-refractivity contribution in [3.05, 3.63) is 137 Å². The number of amides is 2. The van der Waals surface area contributed by atoms with Gasteiger partial charge in [-0.2, -0.15) is 0 Å². The molecule has 0 bridgehead atoms. The quantitative estimate of drug-likeness (QED) is 0.146. The molecule has 1 aliphatic heterocycles. The highest BCUT2D eigenvalue weighted by Crippen LogP contribution is 2.40. The number of nitrogens with zero attached hydrogens (tertiary/aromatic N) is 3. The molecule has 1 saturated heterocycles. The van der Waals surface area contributed by atoms with Crippen LogP contribution in [0.1, 0.15) is 46.6 Å². The Hall–Kier alpha value is -4.48. The van der Waals surface area contributed by atoms with Crippen LogP contribution in [0.25, 0.3) is 11.1 Å². The molecule has 9 nitrogen and oxygen atoms in total. The molecule has 5 aromatic rings. The first kappa shape index (κ1) is 31.5. The lowest BCUT2D eigenvalue weighted by Crippen LogP contribution is -2.34. The number of ether oxygens (including phenoxy) is 2. The van der Waals surface area contributed by atoms with Crippen LogP contribution in [0, 0.1) is 0 Å². The summed E-state index contributed by atoms with van der Waals surface area (Å²) in [4.78, 5) is 12.5. The standard InChI is InChI=1S/C36H37N5O4S/c1-41-24-39-40-36(41)46-23-31-19-33(28-13-11-26(22-42)12-14-28)45-34(44-31)29-17-15-27(16-18-29)32-10-6-5-9-30(32)21-38-35(43)37-20-25-7-3-2-4-8-25/h2-18,24,31,33-34,42H,19-23H2,1H3,(H2,37,38,43)/t31-,33+,34+/m1/s1. The van der Waals surface area contributed by atoms with Crippen LogP contribution in [0.4, 0.5) is 4.79 Å². The second-order valence-electron chi connectivity index (χ2n) is 11.2. The Morgan fingerprint density at radius 1 is 0.870 bits per heavy atom. The van der Waals surface area contributed by atoms with E-state index >= 15 is 0 Å². The number of aromatic nitrogens is 3. The number of hydrogen-bond acceptors (Lipinski definition) is 7. The summed E-state index contributed by atoms with van der Waals surface area (Å²) in [7, 11) is 1.93. The fourth-order valence-electron chi connectivity index (χ4n) is 5.39. The van der Waals surface area contributed by atoms with E-state index in [0.29, 0.717) is 25.3 Å². The molecule has 10 heteroatoms. The summed E-state index contributed by atoms with van der Waals surface area (Å²) in [5.41, 5.74) is 6.97. The van der Waals surface area contributed by atoms with Crippen LogP contribution in [-0.4, -0.2) is 37.8 Å². The van der Waals surface area contributed by atoms with Crippen molar-refractivity contribution in [2.45, 2.75) is 49.8 Å². The summed E-state index contributed by atoms with van der Waals surface area (Å²) in [6, 6.07) is 33.8. The molecule has 2 heterocycles. The van der Waals surface area contributed by atoms with Crippen LogP contribution in [0.15, 0.2) is 115 Å². The van der Waals surface area contributed by atoms with Crippen molar-refractivity contribution in [3.63, 3.8) is 0 Å². The molecule has 0 radical (unpaired) electrons. The number of aliphatic hydroxyl groups is 1. The third-order valence-corrected chi connectivity index (χ3v) is 9.10. The lowest BCUT2D eigenvalue weighted by molar-refractivity contribution is -0.245. The van der Waals surface area contributed by atoms with Gasteiger partial charge in [-0.05, 0) is 33.4 Å². The van der Waals surface area contributed by atoms with E-state index in [4.69, 9.17) is 9.47 Å². The predicted molar refractivity (Wildman–Crippen MR) is 178 cm³/mol. The minimum atomic E-state index is -0.555. The molecule has 1 fully saturated rings. The van der Waals surface area contributed by atoms with E-state index in [-0.39, 0.29) is 24.8 Å². The molecular weight excluding hydrogens is 598 g/mol. The second kappa shape index (κ2) is 15.2. The first-order valence-corrected chi connectivity index (χ1v) is 16.3. The van der Waals surface area contributed by atoms with Gasteiger partial charge in [0.15, 0.2) is 11.4 Å². The summed E-state index contributed by atoms with van der Waals surface area (Å²) in [6.45, 7) is 0.867. The van der Waals surface area contributed by atoms with Gasteiger partial charge in [0.1, 0.15) is 6.33 Å². The van der Waals surface area contributed by atoms with Gasteiger partial charge in [-0.3, -0.25) is 0 Å². The Bertz CT molecular complexity index is 1710. The van der Waals surface area contributed by atoms with Crippen LogP contribution in [-0.2, 0) is 36.2 Å². The number of benzene rings is 4. The highest BCUT2D eigenvalue weighted by Gasteiger charge is 2.32. The number of hydrogen-bond donors (Lipinski definition) is 3. The van der Waals surface area contributed by atoms with Crippen molar-refractivity contribution in [2.75, 3.05) is 5.75 Å². The number of rotatable bonds is 11. The van der Waals surface area contributed by atoms with Gasteiger partial charge in [-0.25, -0.2) is 4.79 Å². The zero-order valence-corrected chi connectivity index (χ0v) is 26.4. The number of aryl methyl sites for hydroxylation is 1. The van der Waals surface area contributed by atoms with E-state index < -0.39 is 6.29 Å². The normalized spacial score (nSPS) is 17.8. The molecule has 0 spiro atoms. The average molecular weight is 636 g/mol. The molecular formula is C36H37N5O4S.